The molecule has 6 nitrogen and oxygen atoms in total. The van der Waals surface area contributed by atoms with Gasteiger partial charge < -0.3 is 10.6 Å². The Hall–Kier alpha value is -2.37. The summed E-state index contributed by atoms with van der Waals surface area (Å²) in [6, 6.07) is 7.83. The molecule has 2 aliphatic rings. The highest BCUT2D eigenvalue weighted by molar-refractivity contribution is 6.01. The van der Waals surface area contributed by atoms with Crippen LogP contribution >= 0.6 is 0 Å². The third kappa shape index (κ3) is 2.95. The molecule has 22 heavy (non-hydrogen) atoms. The van der Waals surface area contributed by atoms with Gasteiger partial charge in [-0.3, -0.25) is 14.5 Å². The van der Waals surface area contributed by atoms with E-state index in [-0.39, 0.29) is 42.8 Å². The zero-order valence-corrected chi connectivity index (χ0v) is 12.5. The molecule has 2 N–H and O–H groups in total. The van der Waals surface area contributed by atoms with E-state index in [9.17, 15) is 14.4 Å². The molecule has 1 aromatic rings. The minimum absolute atomic E-state index is 0.00133. The quantitative estimate of drug-likeness (QED) is 0.788. The summed E-state index contributed by atoms with van der Waals surface area (Å²) in [4.78, 5) is 36.0. The Morgan fingerprint density at radius 1 is 1.41 bits per heavy atom. The van der Waals surface area contributed by atoms with Crippen LogP contribution in [-0.4, -0.2) is 42.4 Å². The Morgan fingerprint density at radius 2 is 2.23 bits per heavy atom. The molecule has 2 fully saturated rings. The van der Waals surface area contributed by atoms with Gasteiger partial charge in [0, 0.05) is 19.0 Å². The van der Waals surface area contributed by atoms with Gasteiger partial charge in [0.05, 0.1) is 6.54 Å². The molecule has 0 aromatic heterocycles. The zero-order valence-electron chi connectivity index (χ0n) is 12.5. The molecule has 6 heteroatoms. The highest BCUT2D eigenvalue weighted by Crippen LogP contribution is 2.47. The van der Waals surface area contributed by atoms with Gasteiger partial charge in [0.15, 0.2) is 0 Å². The first-order chi connectivity index (χ1) is 10.6. The monoisotopic (exact) mass is 301 g/mol. The third-order valence-electron chi connectivity index (χ3n) is 4.17. The summed E-state index contributed by atoms with van der Waals surface area (Å²) in [5, 5.41) is 5.27. The highest BCUT2D eigenvalue weighted by Gasteiger charge is 2.43. The SMILES string of the molecule is Cc1cccc(C2CC2C(=O)NCCN2C(=O)CNC2=O)c1. The summed E-state index contributed by atoms with van der Waals surface area (Å²) in [6.45, 7) is 2.61. The van der Waals surface area contributed by atoms with Crippen molar-refractivity contribution in [3.05, 3.63) is 35.4 Å². The summed E-state index contributed by atoms with van der Waals surface area (Å²) in [6.07, 6.45) is 0.860. The van der Waals surface area contributed by atoms with Crippen molar-refractivity contribution >= 4 is 17.8 Å². The predicted octanol–water partition coefficient (Wildman–Crippen LogP) is 0.767. The number of urea groups is 1. The Bertz CT molecular complexity index is 613. The van der Waals surface area contributed by atoms with Gasteiger partial charge >= 0.3 is 6.03 Å². The van der Waals surface area contributed by atoms with Crippen molar-refractivity contribution in [2.24, 2.45) is 5.92 Å². The number of nitrogens with zero attached hydrogens (tertiary/aromatic N) is 1. The van der Waals surface area contributed by atoms with Gasteiger partial charge in [-0.05, 0) is 24.8 Å². The molecule has 3 rings (SSSR count). The normalized spacial score (nSPS) is 23.4. The minimum Gasteiger partial charge on any atom is -0.354 e. The first-order valence-electron chi connectivity index (χ1n) is 7.49. The van der Waals surface area contributed by atoms with Gasteiger partial charge in [0.25, 0.3) is 0 Å². The fourth-order valence-corrected chi connectivity index (χ4v) is 2.86. The van der Waals surface area contributed by atoms with Crippen LogP contribution in [0, 0.1) is 12.8 Å². The molecule has 1 saturated carbocycles. The topological polar surface area (TPSA) is 78.5 Å². The number of hydrogen-bond acceptors (Lipinski definition) is 3. The number of carbonyl (C=O) groups is 3. The molecule has 1 aliphatic heterocycles. The van der Waals surface area contributed by atoms with Crippen molar-refractivity contribution in [3.63, 3.8) is 0 Å². The molecule has 0 bridgehead atoms. The summed E-state index contributed by atoms with van der Waals surface area (Å²) < 4.78 is 0. The maximum absolute atomic E-state index is 12.1. The Labute approximate surface area is 128 Å². The van der Waals surface area contributed by atoms with Crippen LogP contribution in [0.4, 0.5) is 4.79 Å². The van der Waals surface area contributed by atoms with E-state index in [0.717, 1.165) is 11.3 Å². The first-order valence-corrected chi connectivity index (χ1v) is 7.49. The van der Waals surface area contributed by atoms with Crippen LogP contribution in [-0.2, 0) is 9.59 Å². The molecule has 2 unspecified atom stereocenters. The maximum Gasteiger partial charge on any atom is 0.324 e. The average Bonchev–Trinajstić information content (AvgIpc) is 3.23. The molecule has 116 valence electrons. The Kier molecular flexibility index (Phi) is 3.83. The van der Waals surface area contributed by atoms with Crippen LogP contribution < -0.4 is 10.6 Å². The summed E-state index contributed by atoms with van der Waals surface area (Å²) in [5.74, 6) is 0.0448. The van der Waals surface area contributed by atoms with E-state index in [2.05, 4.69) is 22.8 Å². The van der Waals surface area contributed by atoms with E-state index in [1.54, 1.807) is 0 Å². The van der Waals surface area contributed by atoms with Crippen molar-refractivity contribution in [3.8, 4) is 0 Å². The summed E-state index contributed by atoms with van der Waals surface area (Å²) in [5.41, 5.74) is 2.40. The number of nitrogens with one attached hydrogen (secondary N) is 2. The van der Waals surface area contributed by atoms with Crippen molar-refractivity contribution < 1.29 is 14.4 Å². The van der Waals surface area contributed by atoms with Crippen LogP contribution in [0.15, 0.2) is 24.3 Å². The number of amides is 4. The maximum atomic E-state index is 12.1. The van der Waals surface area contributed by atoms with Crippen LogP contribution in [0.3, 0.4) is 0 Å². The highest BCUT2D eigenvalue weighted by atomic mass is 16.2. The smallest absolute Gasteiger partial charge is 0.324 e. The molecule has 1 aliphatic carbocycles. The number of hydrogen-bond donors (Lipinski definition) is 2. The second-order valence-electron chi connectivity index (χ2n) is 5.86. The number of benzene rings is 1. The lowest BCUT2D eigenvalue weighted by atomic mass is 10.1. The fourth-order valence-electron chi connectivity index (χ4n) is 2.86. The van der Waals surface area contributed by atoms with Gasteiger partial charge in [-0.2, -0.15) is 0 Å². The van der Waals surface area contributed by atoms with Gasteiger partial charge in [-0.15, -0.1) is 0 Å². The van der Waals surface area contributed by atoms with Gasteiger partial charge in [-0.1, -0.05) is 29.8 Å². The van der Waals surface area contributed by atoms with E-state index in [1.165, 1.54) is 11.1 Å². The second kappa shape index (κ2) is 5.79. The van der Waals surface area contributed by atoms with E-state index < -0.39 is 0 Å². The van der Waals surface area contributed by atoms with Crippen molar-refractivity contribution in [2.45, 2.75) is 19.3 Å². The van der Waals surface area contributed by atoms with E-state index in [4.69, 9.17) is 0 Å². The standard InChI is InChI=1S/C16H19N3O3/c1-10-3-2-4-11(7-10)12-8-13(12)15(21)17-5-6-19-14(20)9-18-16(19)22/h2-4,7,12-13H,5-6,8-9H2,1H3,(H,17,21)(H,18,22). The average molecular weight is 301 g/mol. The molecular formula is C16H19N3O3. The Morgan fingerprint density at radius 3 is 2.91 bits per heavy atom. The largest absolute Gasteiger partial charge is 0.354 e. The lowest BCUT2D eigenvalue weighted by molar-refractivity contribution is -0.126. The van der Waals surface area contributed by atoms with Crippen LogP contribution in [0.5, 0.6) is 0 Å². The van der Waals surface area contributed by atoms with Gasteiger partial charge in [0.1, 0.15) is 0 Å². The fraction of sp³-hybridized carbons (Fsp3) is 0.438. The van der Waals surface area contributed by atoms with E-state index in [0.29, 0.717) is 6.54 Å². The van der Waals surface area contributed by atoms with Crippen LogP contribution in [0.2, 0.25) is 0 Å². The number of imide groups is 1. The predicted molar refractivity (Wildman–Crippen MR) is 80.1 cm³/mol. The summed E-state index contributed by atoms with van der Waals surface area (Å²) >= 11 is 0. The van der Waals surface area contributed by atoms with Crippen molar-refractivity contribution in [1.29, 1.82) is 0 Å². The molecule has 2 atom stereocenters. The molecule has 4 amide bonds. The van der Waals surface area contributed by atoms with Crippen molar-refractivity contribution in [2.75, 3.05) is 19.6 Å². The van der Waals surface area contributed by atoms with Crippen molar-refractivity contribution in [1.82, 2.24) is 15.5 Å². The minimum atomic E-state index is -0.386. The Balaban J connectivity index is 1.46. The van der Waals surface area contributed by atoms with Crippen LogP contribution in [0.1, 0.15) is 23.5 Å². The molecule has 1 saturated heterocycles. The van der Waals surface area contributed by atoms with Gasteiger partial charge in [0.2, 0.25) is 11.8 Å². The molecular weight excluding hydrogens is 282 g/mol. The van der Waals surface area contributed by atoms with E-state index >= 15 is 0 Å². The molecule has 0 radical (unpaired) electrons. The van der Waals surface area contributed by atoms with E-state index in [1.807, 2.05) is 19.1 Å². The lowest BCUT2D eigenvalue weighted by Gasteiger charge is -2.12. The van der Waals surface area contributed by atoms with Gasteiger partial charge in [-0.25, -0.2) is 4.79 Å². The lowest BCUT2D eigenvalue weighted by Crippen LogP contribution is -2.39. The van der Waals surface area contributed by atoms with Crippen LogP contribution in [0.25, 0.3) is 0 Å². The third-order valence-corrected chi connectivity index (χ3v) is 4.17. The molecule has 1 aromatic carbocycles. The number of rotatable bonds is 5. The first kappa shape index (κ1) is 14.6. The molecule has 1 heterocycles. The number of carbonyl (C=O) groups excluding carboxylic acids is 3. The molecule has 0 spiro atoms. The number of aryl methyl sites for hydroxylation is 1. The summed E-state index contributed by atoms with van der Waals surface area (Å²) in [7, 11) is 0. The zero-order chi connectivity index (χ0) is 15.7. The second-order valence-corrected chi connectivity index (χ2v) is 5.86.